The minimum atomic E-state index is 0. The molecule has 0 saturated heterocycles. The van der Waals surface area contributed by atoms with Crippen molar-refractivity contribution >= 4 is 0 Å². The van der Waals surface area contributed by atoms with Gasteiger partial charge in [-0.05, 0) is 23.8 Å². The Morgan fingerprint density at radius 2 is 1.52 bits per heavy atom. The maximum absolute atomic E-state index is 3.81. The van der Waals surface area contributed by atoms with Crippen molar-refractivity contribution in [3.63, 3.8) is 0 Å². The van der Waals surface area contributed by atoms with Gasteiger partial charge in [-0.15, -0.1) is 10.2 Å². The Morgan fingerprint density at radius 1 is 0.952 bits per heavy atom. The monoisotopic (exact) mass is 459 g/mol. The summed E-state index contributed by atoms with van der Waals surface area (Å²) in [5.74, 6) is 2.16. The van der Waals surface area contributed by atoms with Crippen molar-refractivity contribution in [1.29, 1.82) is 0 Å². The summed E-state index contributed by atoms with van der Waals surface area (Å²) in [6.45, 7) is 8.73. The average molecular weight is 459 g/mol. The zero-order chi connectivity index (χ0) is 14.1. The van der Waals surface area contributed by atoms with Crippen LogP contribution < -0.4 is 0 Å². The molecule has 1 aromatic heterocycles. The normalized spacial score (nSPS) is 9.43. The van der Waals surface area contributed by atoms with Crippen molar-refractivity contribution in [2.75, 3.05) is 0 Å². The summed E-state index contributed by atoms with van der Waals surface area (Å²) in [5, 5.41) is 13.5. The first-order valence-electron chi connectivity index (χ1n) is 6.84. The van der Waals surface area contributed by atoms with Gasteiger partial charge in [-0.25, -0.2) is 0 Å². The maximum atomic E-state index is 3.81. The molecular weight excluding hydrogens is 432 g/mol. The Hall–Kier alpha value is -1.02. The molecule has 1 aromatic carbocycles. The molecule has 0 aliphatic heterocycles. The van der Waals surface area contributed by atoms with Crippen LogP contribution in [0, 0.1) is 19.3 Å². The number of tetrazole rings is 1. The van der Waals surface area contributed by atoms with E-state index in [1.807, 2.05) is 0 Å². The van der Waals surface area contributed by atoms with Crippen molar-refractivity contribution in [2.45, 2.75) is 40.5 Å². The predicted octanol–water partition coefficient (Wildman–Crippen LogP) is 3.73. The van der Waals surface area contributed by atoms with E-state index in [9.17, 15) is 0 Å². The van der Waals surface area contributed by atoms with E-state index in [0.717, 1.165) is 18.2 Å². The minimum Gasteiger partial charge on any atom is -0.358 e. The molecule has 0 aliphatic rings. The SMILES string of the molecule is CC(C)Cc1ccccc1.CC(C)Cc1nn[nH]n1.[CH3-].[W]. The van der Waals surface area contributed by atoms with Crippen LogP contribution in [0.5, 0.6) is 0 Å². The molecule has 0 unspecified atom stereocenters. The van der Waals surface area contributed by atoms with Gasteiger partial charge in [0, 0.05) is 27.5 Å². The van der Waals surface area contributed by atoms with Crippen molar-refractivity contribution in [1.82, 2.24) is 20.6 Å². The largest absolute Gasteiger partial charge is 0.358 e. The van der Waals surface area contributed by atoms with Gasteiger partial charge in [-0.3, -0.25) is 0 Å². The number of nitrogens with one attached hydrogen (secondary N) is 1. The standard InChI is InChI=1S/C10H14.C5H10N4.CH3.W/c1-9(2)8-10-6-4-3-5-7-10;1-4(2)3-5-6-8-9-7-5;;/h3-7,9H,8H2,1-2H3;4H,3H2,1-2H3,(H,6,7,8,9);1H3;/q;;-1;. The fraction of sp³-hybridized carbons (Fsp3) is 0.500. The van der Waals surface area contributed by atoms with Crippen LogP contribution in [0.3, 0.4) is 0 Å². The van der Waals surface area contributed by atoms with Gasteiger partial charge in [0.05, 0.1) is 0 Å². The molecule has 0 spiro atoms. The smallest absolute Gasteiger partial charge is 0.174 e. The molecule has 0 amide bonds. The Bertz CT molecular complexity index is 427. The number of aromatic nitrogens is 4. The fourth-order valence-corrected chi connectivity index (χ4v) is 1.72. The van der Waals surface area contributed by atoms with E-state index in [0.29, 0.717) is 5.92 Å². The summed E-state index contributed by atoms with van der Waals surface area (Å²) in [5.41, 5.74) is 1.44. The molecule has 21 heavy (non-hydrogen) atoms. The quantitative estimate of drug-likeness (QED) is 0.710. The molecule has 0 radical (unpaired) electrons. The van der Waals surface area contributed by atoms with Crippen LogP contribution in [-0.2, 0) is 33.9 Å². The van der Waals surface area contributed by atoms with E-state index in [-0.39, 0.29) is 28.5 Å². The summed E-state index contributed by atoms with van der Waals surface area (Å²) in [4.78, 5) is 0. The molecule has 0 atom stereocenters. The fourth-order valence-electron chi connectivity index (χ4n) is 1.72. The second kappa shape index (κ2) is 12.7. The third-order valence-corrected chi connectivity index (χ3v) is 2.47. The number of benzene rings is 1. The van der Waals surface area contributed by atoms with Crippen LogP contribution in [-0.4, -0.2) is 20.6 Å². The topological polar surface area (TPSA) is 54.5 Å². The summed E-state index contributed by atoms with van der Waals surface area (Å²) in [6.07, 6.45) is 2.09. The van der Waals surface area contributed by atoms with Gasteiger partial charge in [0.1, 0.15) is 0 Å². The molecule has 1 heterocycles. The van der Waals surface area contributed by atoms with Crippen LogP contribution in [0.15, 0.2) is 30.3 Å². The third kappa shape index (κ3) is 11.3. The number of H-pyrrole nitrogens is 1. The number of nitrogens with zero attached hydrogens (tertiary/aromatic N) is 3. The zero-order valence-corrected chi connectivity index (χ0v) is 16.6. The molecule has 2 rings (SSSR count). The summed E-state index contributed by atoms with van der Waals surface area (Å²) < 4.78 is 0. The van der Waals surface area contributed by atoms with E-state index in [1.54, 1.807) is 0 Å². The maximum Gasteiger partial charge on any atom is 0.174 e. The van der Waals surface area contributed by atoms with Gasteiger partial charge in [0.25, 0.3) is 0 Å². The average Bonchev–Trinajstić information content (AvgIpc) is 2.82. The molecule has 1 N–H and O–H groups in total. The first-order chi connectivity index (χ1) is 9.08. The molecule has 2 aromatic rings. The molecule has 5 heteroatoms. The van der Waals surface area contributed by atoms with E-state index < -0.39 is 0 Å². The molecule has 118 valence electrons. The first-order valence-corrected chi connectivity index (χ1v) is 6.84. The number of rotatable bonds is 4. The van der Waals surface area contributed by atoms with Crippen LogP contribution in [0.4, 0.5) is 0 Å². The molecule has 0 saturated carbocycles. The van der Waals surface area contributed by atoms with Crippen LogP contribution >= 0.6 is 0 Å². The third-order valence-electron chi connectivity index (χ3n) is 2.47. The predicted molar refractivity (Wildman–Crippen MR) is 84.1 cm³/mol. The summed E-state index contributed by atoms with van der Waals surface area (Å²) in [7, 11) is 0. The summed E-state index contributed by atoms with van der Waals surface area (Å²) in [6, 6.07) is 10.6. The van der Waals surface area contributed by atoms with Gasteiger partial charge in [0.15, 0.2) is 5.82 Å². The Kier molecular flexibility index (Phi) is 13.5. The van der Waals surface area contributed by atoms with Gasteiger partial charge in [0.2, 0.25) is 0 Å². The van der Waals surface area contributed by atoms with Crippen molar-refractivity contribution in [3.8, 4) is 0 Å². The summed E-state index contributed by atoms with van der Waals surface area (Å²) >= 11 is 0. The van der Waals surface area contributed by atoms with Crippen molar-refractivity contribution in [3.05, 3.63) is 49.1 Å². The molecule has 0 bridgehead atoms. The van der Waals surface area contributed by atoms with Crippen LogP contribution in [0.2, 0.25) is 0 Å². The molecular formula is C16H27N4W-. The molecule has 0 fully saturated rings. The minimum absolute atomic E-state index is 0. The number of hydrogen-bond donors (Lipinski definition) is 1. The van der Waals surface area contributed by atoms with Crippen molar-refractivity contribution < 1.29 is 21.1 Å². The van der Waals surface area contributed by atoms with Gasteiger partial charge in [-0.2, -0.15) is 5.21 Å². The van der Waals surface area contributed by atoms with Gasteiger partial charge in [-0.1, -0.05) is 63.2 Å². The van der Waals surface area contributed by atoms with E-state index >= 15 is 0 Å². The Labute approximate surface area is 143 Å². The van der Waals surface area contributed by atoms with Crippen molar-refractivity contribution in [2.24, 2.45) is 11.8 Å². The molecule has 0 aliphatic carbocycles. The van der Waals surface area contributed by atoms with Crippen LogP contribution in [0.1, 0.15) is 39.1 Å². The second-order valence-electron chi connectivity index (χ2n) is 5.51. The van der Waals surface area contributed by atoms with Crippen LogP contribution in [0.25, 0.3) is 0 Å². The van der Waals surface area contributed by atoms with Gasteiger partial charge < -0.3 is 7.43 Å². The zero-order valence-electron chi connectivity index (χ0n) is 13.7. The first kappa shape index (κ1) is 22.3. The van der Waals surface area contributed by atoms with E-state index in [1.165, 1.54) is 12.0 Å². The number of aromatic amines is 1. The second-order valence-corrected chi connectivity index (χ2v) is 5.51. The van der Waals surface area contributed by atoms with E-state index in [2.05, 4.69) is 78.7 Å². The Morgan fingerprint density at radius 3 is 1.95 bits per heavy atom. The van der Waals surface area contributed by atoms with Gasteiger partial charge >= 0.3 is 0 Å². The van der Waals surface area contributed by atoms with E-state index in [4.69, 9.17) is 0 Å². The molecule has 4 nitrogen and oxygen atoms in total. The Balaban J connectivity index is 0. The number of hydrogen-bond acceptors (Lipinski definition) is 3.